The van der Waals surface area contributed by atoms with E-state index in [0.29, 0.717) is 6.42 Å². The maximum Gasteiger partial charge on any atom is 0.166 e. The van der Waals surface area contributed by atoms with Crippen LogP contribution in [-0.4, -0.2) is 12.3 Å². The molecule has 13 heavy (non-hydrogen) atoms. The van der Waals surface area contributed by atoms with Crippen molar-refractivity contribution in [1.29, 1.82) is 0 Å². The molecule has 0 saturated carbocycles. The van der Waals surface area contributed by atoms with E-state index >= 15 is 0 Å². The number of nitrogens with one attached hydrogen (secondary N) is 1. The van der Waals surface area contributed by atoms with Crippen molar-refractivity contribution in [3.63, 3.8) is 0 Å². The van der Waals surface area contributed by atoms with Gasteiger partial charge >= 0.3 is 0 Å². The number of Topliss-reactive ketones (excluding diaryl/α,β-unsaturated/α-hetero) is 1. The van der Waals surface area contributed by atoms with E-state index in [1.165, 1.54) is 9.13 Å². The molecular formula is C10H10INO. The zero-order valence-electron chi connectivity index (χ0n) is 7.36. The van der Waals surface area contributed by atoms with E-state index in [4.69, 9.17) is 0 Å². The molecule has 2 rings (SSSR count). The highest BCUT2D eigenvalue weighted by Crippen LogP contribution is 2.26. The Labute approximate surface area is 90.9 Å². The molecule has 0 fully saturated rings. The molecule has 68 valence electrons. The molecule has 0 atom stereocenters. The number of hydrogen-bond donors (Lipinski definition) is 1. The summed E-state index contributed by atoms with van der Waals surface area (Å²) in [6.45, 7) is 2.80. The lowest BCUT2D eigenvalue weighted by atomic mass is 10.0. The van der Waals surface area contributed by atoms with Crippen molar-refractivity contribution in [2.75, 3.05) is 11.9 Å². The van der Waals surface area contributed by atoms with Gasteiger partial charge in [0.2, 0.25) is 0 Å². The van der Waals surface area contributed by atoms with Crippen molar-refractivity contribution in [2.45, 2.75) is 13.3 Å². The summed E-state index contributed by atoms with van der Waals surface area (Å²) in [5.41, 5.74) is 3.02. The maximum absolute atomic E-state index is 11.5. The lowest BCUT2D eigenvalue weighted by molar-refractivity contribution is 0.0983. The minimum atomic E-state index is 0.258. The number of ketones is 1. The van der Waals surface area contributed by atoms with Crippen molar-refractivity contribution in [1.82, 2.24) is 0 Å². The fourth-order valence-electron chi connectivity index (χ4n) is 1.50. The Balaban J connectivity index is 2.58. The van der Waals surface area contributed by atoms with Gasteiger partial charge in [0.1, 0.15) is 0 Å². The predicted octanol–water partition coefficient (Wildman–Crippen LogP) is 2.60. The zero-order valence-corrected chi connectivity index (χ0v) is 9.51. The van der Waals surface area contributed by atoms with E-state index in [9.17, 15) is 4.79 Å². The molecule has 0 bridgehead atoms. The molecular weight excluding hydrogens is 277 g/mol. The molecule has 0 radical (unpaired) electrons. The number of anilines is 1. The summed E-state index contributed by atoms with van der Waals surface area (Å²) in [6.07, 6.45) is 0.618. The number of carbonyl (C=O) groups is 1. The fraction of sp³-hybridized carbons (Fsp3) is 0.300. The van der Waals surface area contributed by atoms with Crippen LogP contribution in [0, 0.1) is 10.5 Å². The highest BCUT2D eigenvalue weighted by molar-refractivity contribution is 14.1. The Kier molecular flexibility index (Phi) is 2.27. The van der Waals surface area contributed by atoms with Gasteiger partial charge in [0.25, 0.3) is 0 Å². The van der Waals surface area contributed by atoms with Gasteiger partial charge in [-0.2, -0.15) is 0 Å². The number of carbonyl (C=O) groups excluding carboxylic acids is 1. The molecule has 2 nitrogen and oxygen atoms in total. The molecule has 1 aromatic rings. The number of fused-ring (bicyclic) bond motifs is 1. The normalized spacial score (nSPS) is 15.1. The molecule has 0 aromatic heterocycles. The molecule has 1 aliphatic rings. The minimum absolute atomic E-state index is 0.258. The Morgan fingerprint density at radius 3 is 3.00 bits per heavy atom. The lowest BCUT2D eigenvalue weighted by Gasteiger charge is -2.17. The third-order valence-electron chi connectivity index (χ3n) is 2.27. The molecule has 0 saturated heterocycles. The van der Waals surface area contributed by atoms with E-state index in [-0.39, 0.29) is 5.78 Å². The standard InChI is InChI=1S/C10H10INO/c1-6-4-7-9(5-8(6)11)12-3-2-10(7)13/h4-5,12H,2-3H2,1H3. The van der Waals surface area contributed by atoms with Gasteiger partial charge in [-0.3, -0.25) is 4.79 Å². The van der Waals surface area contributed by atoms with Crippen LogP contribution in [0.2, 0.25) is 0 Å². The number of hydrogen-bond acceptors (Lipinski definition) is 2. The summed E-state index contributed by atoms with van der Waals surface area (Å²) in [4.78, 5) is 11.5. The first-order chi connectivity index (χ1) is 6.18. The summed E-state index contributed by atoms with van der Waals surface area (Å²) in [5, 5.41) is 3.24. The van der Waals surface area contributed by atoms with E-state index in [1.54, 1.807) is 0 Å². The summed E-state index contributed by atoms with van der Waals surface area (Å²) >= 11 is 2.29. The van der Waals surface area contributed by atoms with Gasteiger partial charge in [-0.25, -0.2) is 0 Å². The molecule has 1 heterocycles. The van der Waals surface area contributed by atoms with Crippen LogP contribution >= 0.6 is 22.6 Å². The second-order valence-electron chi connectivity index (χ2n) is 3.25. The Morgan fingerprint density at radius 1 is 1.46 bits per heavy atom. The molecule has 0 spiro atoms. The third kappa shape index (κ3) is 1.57. The van der Waals surface area contributed by atoms with Crippen LogP contribution < -0.4 is 5.32 Å². The van der Waals surface area contributed by atoms with E-state index in [1.807, 2.05) is 19.1 Å². The minimum Gasteiger partial charge on any atom is -0.384 e. The summed E-state index contributed by atoms with van der Waals surface area (Å²) < 4.78 is 1.21. The number of halogens is 1. The number of benzene rings is 1. The van der Waals surface area contributed by atoms with Crippen molar-refractivity contribution in [3.05, 3.63) is 26.8 Å². The highest BCUT2D eigenvalue weighted by atomic mass is 127. The van der Waals surface area contributed by atoms with Gasteiger partial charge < -0.3 is 5.32 Å². The van der Waals surface area contributed by atoms with E-state index in [2.05, 4.69) is 27.9 Å². The Hall–Kier alpha value is -0.580. The zero-order chi connectivity index (χ0) is 9.42. The Bertz CT molecular complexity index is 373. The lowest BCUT2D eigenvalue weighted by Crippen LogP contribution is -2.18. The second-order valence-corrected chi connectivity index (χ2v) is 4.41. The smallest absolute Gasteiger partial charge is 0.166 e. The van der Waals surface area contributed by atoms with Crippen molar-refractivity contribution < 1.29 is 4.79 Å². The third-order valence-corrected chi connectivity index (χ3v) is 3.43. The molecule has 0 aliphatic carbocycles. The van der Waals surface area contributed by atoms with Crippen LogP contribution in [0.1, 0.15) is 22.3 Å². The van der Waals surface area contributed by atoms with Crippen LogP contribution in [0.25, 0.3) is 0 Å². The number of aryl methyl sites for hydroxylation is 1. The average molecular weight is 287 g/mol. The van der Waals surface area contributed by atoms with Crippen LogP contribution in [0.5, 0.6) is 0 Å². The predicted molar refractivity (Wildman–Crippen MR) is 61.3 cm³/mol. The largest absolute Gasteiger partial charge is 0.384 e. The SMILES string of the molecule is Cc1cc2c(cc1I)NCCC2=O. The van der Waals surface area contributed by atoms with Gasteiger partial charge in [-0.05, 0) is 47.2 Å². The first-order valence-electron chi connectivity index (χ1n) is 4.25. The summed E-state index contributed by atoms with van der Waals surface area (Å²) in [5.74, 6) is 0.258. The monoisotopic (exact) mass is 287 g/mol. The van der Waals surface area contributed by atoms with E-state index < -0.39 is 0 Å². The molecule has 0 amide bonds. The summed E-state index contributed by atoms with van der Waals surface area (Å²) in [7, 11) is 0. The van der Waals surface area contributed by atoms with Crippen LogP contribution in [0.3, 0.4) is 0 Å². The fourth-order valence-corrected chi connectivity index (χ4v) is 1.97. The quantitative estimate of drug-likeness (QED) is 0.743. The summed E-state index contributed by atoms with van der Waals surface area (Å²) in [6, 6.07) is 4.02. The van der Waals surface area contributed by atoms with Crippen LogP contribution in [-0.2, 0) is 0 Å². The second kappa shape index (κ2) is 3.29. The maximum atomic E-state index is 11.5. The highest BCUT2D eigenvalue weighted by Gasteiger charge is 2.17. The van der Waals surface area contributed by atoms with Gasteiger partial charge in [0.05, 0.1) is 0 Å². The van der Waals surface area contributed by atoms with Gasteiger partial charge in [0, 0.05) is 27.8 Å². The van der Waals surface area contributed by atoms with Gasteiger partial charge in [-0.1, -0.05) is 0 Å². The van der Waals surface area contributed by atoms with Crippen molar-refractivity contribution in [3.8, 4) is 0 Å². The van der Waals surface area contributed by atoms with Crippen molar-refractivity contribution in [2.24, 2.45) is 0 Å². The molecule has 1 aromatic carbocycles. The van der Waals surface area contributed by atoms with Crippen LogP contribution in [0.4, 0.5) is 5.69 Å². The average Bonchev–Trinajstić information content (AvgIpc) is 2.09. The molecule has 1 aliphatic heterocycles. The van der Waals surface area contributed by atoms with Gasteiger partial charge in [-0.15, -0.1) is 0 Å². The molecule has 0 unspecified atom stereocenters. The van der Waals surface area contributed by atoms with Crippen LogP contribution in [0.15, 0.2) is 12.1 Å². The number of rotatable bonds is 0. The topological polar surface area (TPSA) is 29.1 Å². The Morgan fingerprint density at radius 2 is 2.23 bits per heavy atom. The molecule has 3 heteroatoms. The molecule has 1 N–H and O–H groups in total. The first kappa shape index (κ1) is 8.99. The van der Waals surface area contributed by atoms with E-state index in [0.717, 1.165) is 17.8 Å². The van der Waals surface area contributed by atoms with Gasteiger partial charge in [0.15, 0.2) is 5.78 Å². The van der Waals surface area contributed by atoms with Crippen molar-refractivity contribution >= 4 is 34.1 Å². The first-order valence-corrected chi connectivity index (χ1v) is 5.33.